The molecule has 0 aromatic heterocycles. The first-order valence-electron chi connectivity index (χ1n) is 6.87. The van der Waals surface area contributed by atoms with Gasteiger partial charge in [0.2, 0.25) is 0 Å². The summed E-state index contributed by atoms with van der Waals surface area (Å²) in [6.45, 7) is 0.470. The Hall–Kier alpha value is -1.69. The Bertz CT molecular complexity index is 697. The van der Waals surface area contributed by atoms with Gasteiger partial charge in [-0.2, -0.15) is 0 Å². The number of amides is 2. The van der Waals surface area contributed by atoms with Crippen LogP contribution in [0.3, 0.4) is 0 Å². The van der Waals surface area contributed by atoms with Gasteiger partial charge in [-0.05, 0) is 53.1 Å². The Balaban J connectivity index is 1.70. The van der Waals surface area contributed by atoms with E-state index in [9.17, 15) is 9.59 Å². The van der Waals surface area contributed by atoms with Gasteiger partial charge in [0.1, 0.15) is 0 Å². The fourth-order valence-electron chi connectivity index (χ4n) is 2.58. The molecule has 106 valence electrons. The van der Waals surface area contributed by atoms with Crippen LogP contribution < -0.4 is 0 Å². The van der Waals surface area contributed by atoms with Gasteiger partial charge in [0.25, 0.3) is 11.8 Å². The summed E-state index contributed by atoms with van der Waals surface area (Å²) < 4.78 is 0.842. The molecule has 1 heterocycles. The van der Waals surface area contributed by atoms with Gasteiger partial charge in [-0.25, -0.2) is 0 Å². The van der Waals surface area contributed by atoms with E-state index in [0.29, 0.717) is 17.7 Å². The molecule has 0 atom stereocenters. The smallest absolute Gasteiger partial charge is 0.262 e. The van der Waals surface area contributed by atoms with Gasteiger partial charge in [0.15, 0.2) is 0 Å². The zero-order chi connectivity index (χ0) is 14.8. The Morgan fingerprint density at radius 2 is 1.67 bits per heavy atom. The second-order valence-electron chi connectivity index (χ2n) is 5.01. The maximum Gasteiger partial charge on any atom is 0.262 e. The van der Waals surface area contributed by atoms with Crippen molar-refractivity contribution in [3.8, 4) is 0 Å². The molecule has 21 heavy (non-hydrogen) atoms. The van der Waals surface area contributed by atoms with Gasteiger partial charge in [-0.15, -0.1) is 0 Å². The molecular formula is C17H14INO2. The number of hydrogen-bond donors (Lipinski definition) is 0. The molecule has 0 unspecified atom stereocenters. The van der Waals surface area contributed by atoms with Gasteiger partial charge >= 0.3 is 0 Å². The van der Waals surface area contributed by atoms with Crippen molar-refractivity contribution in [2.75, 3.05) is 6.54 Å². The van der Waals surface area contributed by atoms with Crippen LogP contribution in [0.25, 0.3) is 0 Å². The molecule has 0 bridgehead atoms. The van der Waals surface area contributed by atoms with Crippen molar-refractivity contribution in [3.05, 3.63) is 68.8 Å². The number of hydrogen-bond acceptors (Lipinski definition) is 2. The van der Waals surface area contributed by atoms with Crippen LogP contribution in [0.1, 0.15) is 32.7 Å². The number of fused-ring (bicyclic) bond motifs is 1. The van der Waals surface area contributed by atoms with Crippen molar-refractivity contribution in [1.82, 2.24) is 4.90 Å². The predicted octanol–water partition coefficient (Wildman–Crippen LogP) is 3.52. The molecule has 4 heteroatoms. The average Bonchev–Trinajstić information content (AvgIpc) is 2.74. The van der Waals surface area contributed by atoms with E-state index < -0.39 is 0 Å². The molecule has 2 aromatic carbocycles. The third-order valence-electron chi connectivity index (χ3n) is 3.64. The first-order valence-corrected chi connectivity index (χ1v) is 7.95. The lowest BCUT2D eigenvalue weighted by atomic mass is 10.1. The molecule has 2 amide bonds. The molecule has 0 radical (unpaired) electrons. The van der Waals surface area contributed by atoms with E-state index in [4.69, 9.17) is 0 Å². The minimum Gasteiger partial charge on any atom is -0.274 e. The minimum atomic E-state index is -0.165. The molecule has 2 aromatic rings. The molecular weight excluding hydrogens is 377 g/mol. The van der Waals surface area contributed by atoms with Crippen LogP contribution in [-0.4, -0.2) is 23.3 Å². The number of imide groups is 1. The molecule has 0 N–H and O–H groups in total. The van der Waals surface area contributed by atoms with E-state index in [2.05, 4.69) is 34.7 Å². The molecule has 0 spiro atoms. The van der Waals surface area contributed by atoms with E-state index in [1.807, 2.05) is 30.3 Å². The number of aryl methyl sites for hydroxylation is 1. The summed E-state index contributed by atoms with van der Waals surface area (Å²) in [5.41, 5.74) is 2.32. The largest absolute Gasteiger partial charge is 0.274 e. The number of benzene rings is 2. The molecule has 3 nitrogen and oxygen atoms in total. The highest BCUT2D eigenvalue weighted by molar-refractivity contribution is 14.1. The summed E-state index contributed by atoms with van der Waals surface area (Å²) >= 11 is 2.11. The molecule has 1 aliphatic rings. The topological polar surface area (TPSA) is 37.4 Å². The van der Waals surface area contributed by atoms with Gasteiger partial charge in [-0.3, -0.25) is 14.5 Å². The van der Waals surface area contributed by atoms with E-state index in [0.717, 1.165) is 16.4 Å². The lowest BCUT2D eigenvalue weighted by Gasteiger charge is -2.13. The molecule has 0 saturated heterocycles. The van der Waals surface area contributed by atoms with Crippen molar-refractivity contribution >= 4 is 34.4 Å². The Kier molecular flexibility index (Phi) is 4.05. The summed E-state index contributed by atoms with van der Waals surface area (Å²) in [5, 5.41) is 0. The third kappa shape index (κ3) is 2.72. The van der Waals surface area contributed by atoms with Gasteiger partial charge < -0.3 is 0 Å². The number of carbonyl (C=O) groups is 2. The van der Waals surface area contributed by atoms with Crippen LogP contribution in [0.5, 0.6) is 0 Å². The van der Waals surface area contributed by atoms with Crippen molar-refractivity contribution in [3.63, 3.8) is 0 Å². The SMILES string of the molecule is O=C1c2cccc(I)c2C(=O)N1CCCc1ccccc1. The zero-order valence-corrected chi connectivity index (χ0v) is 13.5. The predicted molar refractivity (Wildman–Crippen MR) is 89.3 cm³/mol. The van der Waals surface area contributed by atoms with Gasteiger partial charge in [0.05, 0.1) is 11.1 Å². The van der Waals surface area contributed by atoms with Crippen molar-refractivity contribution in [1.29, 1.82) is 0 Å². The van der Waals surface area contributed by atoms with E-state index in [1.54, 1.807) is 6.07 Å². The van der Waals surface area contributed by atoms with E-state index >= 15 is 0 Å². The highest BCUT2D eigenvalue weighted by Crippen LogP contribution is 2.27. The standard InChI is InChI=1S/C17H14INO2/c18-14-10-4-9-13-15(14)17(21)19(16(13)20)11-5-8-12-6-2-1-3-7-12/h1-4,6-7,9-10H,5,8,11H2. The molecule has 0 saturated carbocycles. The Labute approximate surface area is 137 Å². The maximum absolute atomic E-state index is 12.4. The fraction of sp³-hybridized carbons (Fsp3) is 0.176. The van der Waals surface area contributed by atoms with Gasteiger partial charge in [0, 0.05) is 10.1 Å². The van der Waals surface area contributed by atoms with Crippen molar-refractivity contribution < 1.29 is 9.59 Å². The number of rotatable bonds is 4. The number of carbonyl (C=O) groups excluding carboxylic acids is 2. The molecule has 3 rings (SSSR count). The van der Waals surface area contributed by atoms with Crippen LogP contribution in [0, 0.1) is 3.57 Å². The summed E-state index contributed by atoms with van der Waals surface area (Å²) in [6.07, 6.45) is 1.65. The summed E-state index contributed by atoms with van der Waals surface area (Å²) in [4.78, 5) is 26.0. The second-order valence-corrected chi connectivity index (χ2v) is 6.18. The first kappa shape index (κ1) is 14.3. The van der Waals surface area contributed by atoms with Gasteiger partial charge in [-0.1, -0.05) is 36.4 Å². The lowest BCUT2D eigenvalue weighted by Crippen LogP contribution is -2.31. The van der Waals surface area contributed by atoms with Crippen LogP contribution in [0.15, 0.2) is 48.5 Å². The number of halogens is 1. The van der Waals surface area contributed by atoms with Crippen LogP contribution in [0.2, 0.25) is 0 Å². The summed E-state index contributed by atoms with van der Waals surface area (Å²) in [7, 11) is 0. The van der Waals surface area contributed by atoms with Crippen LogP contribution in [0.4, 0.5) is 0 Å². The van der Waals surface area contributed by atoms with E-state index in [-0.39, 0.29) is 11.8 Å². The summed E-state index contributed by atoms with van der Waals surface area (Å²) in [5.74, 6) is -0.324. The third-order valence-corrected chi connectivity index (χ3v) is 4.54. The highest BCUT2D eigenvalue weighted by Gasteiger charge is 2.36. The number of nitrogens with zero attached hydrogens (tertiary/aromatic N) is 1. The normalized spacial score (nSPS) is 13.7. The van der Waals surface area contributed by atoms with E-state index in [1.165, 1.54) is 10.5 Å². The van der Waals surface area contributed by atoms with Crippen molar-refractivity contribution in [2.24, 2.45) is 0 Å². The molecule has 0 aliphatic carbocycles. The Morgan fingerprint density at radius 1 is 0.905 bits per heavy atom. The Morgan fingerprint density at radius 3 is 2.38 bits per heavy atom. The molecule has 1 aliphatic heterocycles. The summed E-state index contributed by atoms with van der Waals surface area (Å²) in [6, 6.07) is 15.5. The minimum absolute atomic E-state index is 0.159. The highest BCUT2D eigenvalue weighted by atomic mass is 127. The van der Waals surface area contributed by atoms with Crippen LogP contribution in [-0.2, 0) is 6.42 Å². The fourth-order valence-corrected chi connectivity index (χ4v) is 3.31. The van der Waals surface area contributed by atoms with Crippen molar-refractivity contribution in [2.45, 2.75) is 12.8 Å². The monoisotopic (exact) mass is 391 g/mol. The zero-order valence-electron chi connectivity index (χ0n) is 11.4. The maximum atomic E-state index is 12.4. The molecule has 0 fully saturated rings. The van der Waals surface area contributed by atoms with Crippen LogP contribution >= 0.6 is 22.6 Å². The average molecular weight is 391 g/mol. The first-order chi connectivity index (χ1) is 10.2. The lowest BCUT2D eigenvalue weighted by molar-refractivity contribution is 0.0652. The second kappa shape index (κ2) is 5.97. The quantitative estimate of drug-likeness (QED) is 0.591.